The molecule has 3 N–H and O–H groups in total. The van der Waals surface area contributed by atoms with E-state index in [2.05, 4.69) is 27.6 Å². The lowest BCUT2D eigenvalue weighted by Gasteiger charge is -2.13. The Morgan fingerprint density at radius 2 is 2.14 bits per heavy atom. The van der Waals surface area contributed by atoms with Crippen molar-refractivity contribution >= 4 is 34.1 Å². The number of hydrogen-bond donors (Lipinski definition) is 2. The number of aryl methyl sites for hydroxylation is 1. The monoisotopic (exact) mass is 322 g/mol. The number of anilines is 1. The molecule has 0 aliphatic carbocycles. The van der Waals surface area contributed by atoms with Crippen LogP contribution in [0, 0.1) is 0 Å². The minimum Gasteiger partial charge on any atom is -0.374 e. The lowest BCUT2D eigenvalue weighted by molar-refractivity contribution is -0.119. The van der Waals surface area contributed by atoms with Crippen LogP contribution in [0.4, 0.5) is 5.13 Å². The number of nitrogens with two attached hydrogens (primary N) is 1. The molecule has 0 bridgehead atoms. The number of nitrogen functional groups attached to an aromatic ring is 1. The van der Waals surface area contributed by atoms with Gasteiger partial charge in [-0.2, -0.15) is 0 Å². The van der Waals surface area contributed by atoms with Crippen LogP contribution in [0.5, 0.6) is 0 Å². The number of amides is 1. The summed E-state index contributed by atoms with van der Waals surface area (Å²) in [6, 6.07) is 10.4. The van der Waals surface area contributed by atoms with Gasteiger partial charge in [0.05, 0.1) is 5.75 Å². The molecule has 0 saturated heterocycles. The highest BCUT2D eigenvalue weighted by Crippen LogP contribution is 2.23. The fourth-order valence-electron chi connectivity index (χ4n) is 1.82. The summed E-state index contributed by atoms with van der Waals surface area (Å²) >= 11 is 2.65. The van der Waals surface area contributed by atoms with Gasteiger partial charge < -0.3 is 11.1 Å². The van der Waals surface area contributed by atoms with Crippen LogP contribution < -0.4 is 11.1 Å². The van der Waals surface area contributed by atoms with Crippen LogP contribution >= 0.6 is 23.1 Å². The third-order valence-electron chi connectivity index (χ3n) is 2.87. The summed E-state index contributed by atoms with van der Waals surface area (Å²) < 4.78 is 0.722. The smallest absolute Gasteiger partial charge is 0.230 e. The average molecular weight is 322 g/mol. The Labute approximate surface area is 132 Å². The van der Waals surface area contributed by atoms with Gasteiger partial charge in [-0.1, -0.05) is 53.4 Å². The van der Waals surface area contributed by atoms with Crippen LogP contribution in [-0.4, -0.2) is 27.9 Å². The number of aromatic nitrogens is 2. The number of nitrogens with one attached hydrogen (secondary N) is 1. The minimum atomic E-state index is 0.00864. The largest absolute Gasteiger partial charge is 0.374 e. The minimum absolute atomic E-state index is 0.00864. The number of benzene rings is 1. The molecular formula is C14H18N4OS2. The average Bonchev–Trinajstić information content (AvgIpc) is 2.90. The fourth-order valence-corrected chi connectivity index (χ4v) is 3.27. The van der Waals surface area contributed by atoms with Crippen LogP contribution in [0.1, 0.15) is 18.9 Å². The van der Waals surface area contributed by atoms with Crippen molar-refractivity contribution in [1.29, 1.82) is 0 Å². The Balaban J connectivity index is 1.67. The van der Waals surface area contributed by atoms with Crippen LogP contribution in [0.15, 0.2) is 34.7 Å². The molecule has 1 aromatic carbocycles. The maximum atomic E-state index is 11.8. The van der Waals surface area contributed by atoms with Gasteiger partial charge in [0.25, 0.3) is 0 Å². The zero-order valence-electron chi connectivity index (χ0n) is 11.8. The molecule has 1 aromatic heterocycles. The van der Waals surface area contributed by atoms with Gasteiger partial charge in [0, 0.05) is 6.04 Å². The van der Waals surface area contributed by atoms with E-state index in [1.165, 1.54) is 28.7 Å². The molecule has 2 aromatic rings. The van der Waals surface area contributed by atoms with Gasteiger partial charge in [-0.15, -0.1) is 10.2 Å². The maximum absolute atomic E-state index is 11.8. The number of carbonyl (C=O) groups excluding carboxylic acids is 1. The molecule has 0 aliphatic rings. The number of carbonyl (C=O) groups is 1. The molecule has 1 amide bonds. The summed E-state index contributed by atoms with van der Waals surface area (Å²) in [5.74, 6) is 0.346. The van der Waals surface area contributed by atoms with Crippen LogP contribution in [0.25, 0.3) is 0 Å². The van der Waals surface area contributed by atoms with E-state index in [4.69, 9.17) is 5.73 Å². The normalized spacial score (nSPS) is 12.0. The van der Waals surface area contributed by atoms with E-state index in [1.54, 1.807) is 0 Å². The highest BCUT2D eigenvalue weighted by Gasteiger charge is 2.10. The third kappa shape index (κ3) is 5.73. The van der Waals surface area contributed by atoms with E-state index in [-0.39, 0.29) is 11.9 Å². The van der Waals surface area contributed by atoms with E-state index in [0.29, 0.717) is 10.9 Å². The van der Waals surface area contributed by atoms with Gasteiger partial charge in [0.15, 0.2) is 4.34 Å². The first-order chi connectivity index (χ1) is 10.1. The molecule has 1 heterocycles. The lowest BCUT2D eigenvalue weighted by Crippen LogP contribution is -2.34. The Kier molecular flexibility index (Phi) is 6.01. The molecule has 1 atom stereocenters. The number of thioether (sulfide) groups is 1. The molecule has 0 saturated carbocycles. The molecule has 0 spiro atoms. The highest BCUT2D eigenvalue weighted by molar-refractivity contribution is 8.01. The molecule has 112 valence electrons. The second kappa shape index (κ2) is 7.99. The predicted octanol–water partition coefficient (Wildman–Crippen LogP) is 2.35. The molecule has 5 nitrogen and oxygen atoms in total. The number of rotatable bonds is 7. The maximum Gasteiger partial charge on any atom is 0.230 e. The molecule has 0 radical (unpaired) electrons. The van der Waals surface area contributed by atoms with E-state index in [9.17, 15) is 4.79 Å². The Bertz CT molecular complexity index is 573. The molecule has 7 heteroatoms. The van der Waals surface area contributed by atoms with Gasteiger partial charge >= 0.3 is 0 Å². The van der Waals surface area contributed by atoms with Crippen molar-refractivity contribution in [1.82, 2.24) is 15.5 Å². The van der Waals surface area contributed by atoms with Gasteiger partial charge in [-0.25, -0.2) is 0 Å². The Hall–Kier alpha value is -1.60. The van der Waals surface area contributed by atoms with Crippen molar-refractivity contribution < 1.29 is 4.79 Å². The second-order valence-corrected chi connectivity index (χ2v) is 6.92. The number of nitrogens with zero attached hydrogens (tertiary/aromatic N) is 2. The predicted molar refractivity (Wildman–Crippen MR) is 87.4 cm³/mol. The van der Waals surface area contributed by atoms with Crippen molar-refractivity contribution in [2.45, 2.75) is 30.1 Å². The highest BCUT2D eigenvalue weighted by atomic mass is 32.2. The van der Waals surface area contributed by atoms with Crippen molar-refractivity contribution in [3.8, 4) is 0 Å². The van der Waals surface area contributed by atoms with Gasteiger partial charge in [0.2, 0.25) is 11.0 Å². The van der Waals surface area contributed by atoms with Crippen LogP contribution in [0.2, 0.25) is 0 Å². The quantitative estimate of drug-likeness (QED) is 0.765. The number of hydrogen-bond acceptors (Lipinski definition) is 6. The molecule has 2 rings (SSSR count). The molecule has 0 aliphatic heterocycles. The van der Waals surface area contributed by atoms with E-state index in [0.717, 1.165) is 17.2 Å². The lowest BCUT2D eigenvalue weighted by atomic mass is 10.1. The second-order valence-electron chi connectivity index (χ2n) is 4.69. The molecule has 0 fully saturated rings. The van der Waals surface area contributed by atoms with Crippen molar-refractivity contribution in [3.05, 3.63) is 35.9 Å². The van der Waals surface area contributed by atoms with Crippen LogP contribution in [-0.2, 0) is 11.2 Å². The summed E-state index contributed by atoms with van der Waals surface area (Å²) in [5, 5.41) is 11.0. The summed E-state index contributed by atoms with van der Waals surface area (Å²) in [6.45, 7) is 2.02. The Morgan fingerprint density at radius 1 is 1.38 bits per heavy atom. The van der Waals surface area contributed by atoms with E-state index in [1.807, 2.05) is 25.1 Å². The first-order valence-electron chi connectivity index (χ1n) is 6.68. The SMILES string of the molecule is C[C@@H](CCc1ccccc1)NC(=O)CSc1nnc(N)s1. The van der Waals surface area contributed by atoms with Gasteiger partial charge in [0.1, 0.15) is 0 Å². The first-order valence-corrected chi connectivity index (χ1v) is 8.49. The van der Waals surface area contributed by atoms with Gasteiger partial charge in [-0.05, 0) is 25.3 Å². The van der Waals surface area contributed by atoms with E-state index < -0.39 is 0 Å². The van der Waals surface area contributed by atoms with Gasteiger partial charge in [-0.3, -0.25) is 4.79 Å². The topological polar surface area (TPSA) is 80.9 Å². The zero-order valence-corrected chi connectivity index (χ0v) is 13.4. The molecular weight excluding hydrogens is 304 g/mol. The van der Waals surface area contributed by atoms with Crippen LogP contribution in [0.3, 0.4) is 0 Å². The van der Waals surface area contributed by atoms with Crippen molar-refractivity contribution in [3.63, 3.8) is 0 Å². The molecule has 21 heavy (non-hydrogen) atoms. The van der Waals surface area contributed by atoms with E-state index >= 15 is 0 Å². The summed E-state index contributed by atoms with van der Waals surface area (Å²) in [5.41, 5.74) is 6.78. The Morgan fingerprint density at radius 3 is 2.81 bits per heavy atom. The summed E-state index contributed by atoms with van der Waals surface area (Å²) in [7, 11) is 0. The summed E-state index contributed by atoms with van der Waals surface area (Å²) in [4.78, 5) is 11.8. The fraction of sp³-hybridized carbons (Fsp3) is 0.357. The zero-order chi connectivity index (χ0) is 15.1. The molecule has 0 unspecified atom stereocenters. The van der Waals surface area contributed by atoms with Crippen molar-refractivity contribution in [2.75, 3.05) is 11.5 Å². The standard InChI is InChI=1S/C14H18N4OS2/c1-10(7-8-11-5-3-2-4-6-11)16-12(19)9-20-14-18-17-13(15)21-14/h2-6,10H,7-9H2,1H3,(H2,15,17)(H,16,19)/t10-/m0/s1. The first kappa shape index (κ1) is 15.8. The summed E-state index contributed by atoms with van der Waals surface area (Å²) in [6.07, 6.45) is 1.88. The van der Waals surface area contributed by atoms with Crippen molar-refractivity contribution in [2.24, 2.45) is 0 Å². The third-order valence-corrected chi connectivity index (χ3v) is 4.75.